The molecular weight excluding hydrogens is 448 g/mol. The Morgan fingerprint density at radius 1 is 0.886 bits per heavy atom. The van der Waals surface area contributed by atoms with Gasteiger partial charge in [-0.25, -0.2) is 5.48 Å². The molecule has 3 amide bonds. The summed E-state index contributed by atoms with van der Waals surface area (Å²) in [4.78, 5) is 42.5. The van der Waals surface area contributed by atoms with Crippen molar-refractivity contribution < 1.29 is 24.7 Å². The summed E-state index contributed by atoms with van der Waals surface area (Å²) in [6.45, 7) is 0.412. The van der Waals surface area contributed by atoms with E-state index in [1.807, 2.05) is 24.3 Å². The number of anilines is 1. The summed E-state index contributed by atoms with van der Waals surface area (Å²) in [5.74, 6) is -0.915. The van der Waals surface area contributed by atoms with Crippen LogP contribution >= 0.6 is 0 Å². The number of amides is 3. The van der Waals surface area contributed by atoms with Gasteiger partial charge in [0.15, 0.2) is 0 Å². The van der Waals surface area contributed by atoms with Gasteiger partial charge in [0.25, 0.3) is 11.8 Å². The Bertz CT molecular complexity index is 1140. The molecule has 4 N–H and O–H groups in total. The molecule has 1 heterocycles. The molecule has 0 aliphatic heterocycles. The molecule has 0 fully saturated rings. The number of aliphatic hydroxyl groups is 1. The van der Waals surface area contributed by atoms with Crippen molar-refractivity contribution >= 4 is 34.3 Å². The molecule has 0 unspecified atom stereocenters. The van der Waals surface area contributed by atoms with Gasteiger partial charge in [0.1, 0.15) is 0 Å². The van der Waals surface area contributed by atoms with Crippen LogP contribution in [0.2, 0.25) is 0 Å². The van der Waals surface area contributed by atoms with Crippen molar-refractivity contribution in [1.82, 2.24) is 15.8 Å². The highest BCUT2D eigenvalue weighted by atomic mass is 16.5. The molecule has 0 bridgehead atoms. The summed E-state index contributed by atoms with van der Waals surface area (Å²) in [5, 5.41) is 21.8. The van der Waals surface area contributed by atoms with E-state index in [0.717, 1.165) is 24.6 Å². The van der Waals surface area contributed by atoms with E-state index in [9.17, 15) is 19.5 Å². The number of aromatic nitrogens is 1. The van der Waals surface area contributed by atoms with Gasteiger partial charge in [-0.1, -0.05) is 31.0 Å². The number of nitrogens with zero attached hydrogens (tertiary/aromatic N) is 2. The minimum Gasteiger partial charge on any atom is -0.395 e. The van der Waals surface area contributed by atoms with Crippen LogP contribution in [-0.2, 0) is 4.79 Å². The molecule has 0 atom stereocenters. The van der Waals surface area contributed by atoms with Crippen molar-refractivity contribution in [1.29, 1.82) is 0 Å². The maximum absolute atomic E-state index is 13.3. The molecule has 2 aromatic carbocycles. The van der Waals surface area contributed by atoms with E-state index in [-0.39, 0.29) is 31.4 Å². The molecule has 3 rings (SSSR count). The van der Waals surface area contributed by atoms with Gasteiger partial charge in [0.05, 0.1) is 17.8 Å². The molecule has 0 saturated carbocycles. The SMILES string of the molecule is O=C(CCCCCCNC(=O)c1ccc(C(=O)N(CCO)c2cccc3cccnc23)cc1)NO. The average Bonchev–Trinajstić information content (AvgIpc) is 2.90. The number of pyridine rings is 1. The molecule has 1 aromatic heterocycles. The predicted octanol–water partition coefficient (Wildman–Crippen LogP) is 3.06. The fourth-order valence-corrected chi connectivity index (χ4v) is 3.78. The van der Waals surface area contributed by atoms with Gasteiger partial charge in [-0.3, -0.25) is 24.6 Å². The standard InChI is InChI=1S/C26H30N4O5/c31-18-17-30(22-9-5-7-19-8-6-16-27-24(19)22)26(34)21-13-11-20(12-14-21)25(33)28-15-4-2-1-3-10-23(32)29-35/h5-9,11-14,16,31,35H,1-4,10,15,17-18H2,(H,28,33)(H,29,32). The van der Waals surface area contributed by atoms with Gasteiger partial charge in [0.2, 0.25) is 5.91 Å². The van der Waals surface area contributed by atoms with E-state index in [1.54, 1.807) is 42.0 Å². The molecule has 9 nitrogen and oxygen atoms in total. The summed E-state index contributed by atoms with van der Waals surface area (Å²) in [6, 6.07) is 15.7. The molecule has 0 aliphatic carbocycles. The molecular formula is C26H30N4O5. The zero-order valence-corrected chi connectivity index (χ0v) is 19.4. The molecule has 0 saturated heterocycles. The lowest BCUT2D eigenvalue weighted by atomic mass is 10.1. The van der Waals surface area contributed by atoms with E-state index in [2.05, 4.69) is 10.3 Å². The van der Waals surface area contributed by atoms with Crippen LogP contribution in [0.3, 0.4) is 0 Å². The minimum atomic E-state index is -0.395. The van der Waals surface area contributed by atoms with Crippen molar-refractivity contribution in [2.75, 3.05) is 24.6 Å². The van der Waals surface area contributed by atoms with E-state index in [1.165, 1.54) is 4.90 Å². The van der Waals surface area contributed by atoms with Gasteiger partial charge in [-0.15, -0.1) is 0 Å². The van der Waals surface area contributed by atoms with Crippen LogP contribution in [0.4, 0.5) is 5.69 Å². The molecule has 3 aromatic rings. The quantitative estimate of drug-likeness (QED) is 0.180. The lowest BCUT2D eigenvalue weighted by Gasteiger charge is -2.23. The molecule has 0 aliphatic rings. The topological polar surface area (TPSA) is 132 Å². The number of hydrogen-bond donors (Lipinski definition) is 4. The summed E-state index contributed by atoms with van der Waals surface area (Å²) in [6.07, 6.45) is 5.08. The van der Waals surface area contributed by atoms with Gasteiger partial charge in [0, 0.05) is 42.2 Å². The first-order valence-electron chi connectivity index (χ1n) is 11.6. The number of unbranched alkanes of at least 4 members (excludes halogenated alkanes) is 3. The number of carbonyl (C=O) groups excluding carboxylic acids is 3. The minimum absolute atomic E-state index is 0.113. The second-order valence-electron chi connectivity index (χ2n) is 8.07. The third-order valence-corrected chi connectivity index (χ3v) is 5.61. The highest BCUT2D eigenvalue weighted by Gasteiger charge is 2.20. The highest BCUT2D eigenvalue weighted by molar-refractivity contribution is 6.10. The Hall–Kier alpha value is -3.82. The Labute approximate surface area is 203 Å². The van der Waals surface area contributed by atoms with Crippen LogP contribution in [0.1, 0.15) is 52.8 Å². The summed E-state index contributed by atoms with van der Waals surface area (Å²) < 4.78 is 0. The van der Waals surface area contributed by atoms with Crippen LogP contribution in [0.5, 0.6) is 0 Å². The summed E-state index contributed by atoms with van der Waals surface area (Å²) >= 11 is 0. The second kappa shape index (κ2) is 13.2. The van der Waals surface area contributed by atoms with Gasteiger partial charge in [-0.2, -0.15) is 0 Å². The number of nitrogens with one attached hydrogen (secondary N) is 2. The Morgan fingerprint density at radius 3 is 2.34 bits per heavy atom. The number of hydroxylamine groups is 1. The van der Waals surface area contributed by atoms with Crippen LogP contribution in [0.15, 0.2) is 60.8 Å². The van der Waals surface area contributed by atoms with Crippen molar-refractivity contribution in [3.05, 3.63) is 71.9 Å². The fraction of sp³-hybridized carbons (Fsp3) is 0.308. The molecule has 35 heavy (non-hydrogen) atoms. The maximum Gasteiger partial charge on any atom is 0.258 e. The number of carbonyl (C=O) groups is 3. The Morgan fingerprint density at radius 2 is 1.60 bits per heavy atom. The van der Waals surface area contributed by atoms with E-state index in [4.69, 9.17) is 5.21 Å². The fourth-order valence-electron chi connectivity index (χ4n) is 3.78. The zero-order valence-electron chi connectivity index (χ0n) is 19.4. The lowest BCUT2D eigenvalue weighted by Crippen LogP contribution is -2.34. The third-order valence-electron chi connectivity index (χ3n) is 5.61. The van der Waals surface area contributed by atoms with Crippen molar-refractivity contribution in [2.24, 2.45) is 0 Å². The Balaban J connectivity index is 1.58. The van der Waals surface area contributed by atoms with E-state index in [0.29, 0.717) is 35.3 Å². The van der Waals surface area contributed by atoms with Gasteiger partial charge in [-0.05, 0) is 49.2 Å². The largest absolute Gasteiger partial charge is 0.395 e. The predicted molar refractivity (Wildman–Crippen MR) is 132 cm³/mol. The monoisotopic (exact) mass is 478 g/mol. The van der Waals surface area contributed by atoms with Gasteiger partial charge < -0.3 is 15.3 Å². The average molecular weight is 479 g/mol. The highest BCUT2D eigenvalue weighted by Crippen LogP contribution is 2.26. The number of rotatable bonds is 12. The summed E-state index contributed by atoms with van der Waals surface area (Å²) in [7, 11) is 0. The van der Waals surface area contributed by atoms with Crippen LogP contribution in [0.25, 0.3) is 10.9 Å². The van der Waals surface area contributed by atoms with Crippen LogP contribution in [-0.4, -0.2) is 52.7 Å². The molecule has 9 heteroatoms. The number of hydrogen-bond acceptors (Lipinski definition) is 6. The third kappa shape index (κ3) is 7.08. The number of fused-ring (bicyclic) bond motifs is 1. The van der Waals surface area contributed by atoms with Crippen molar-refractivity contribution in [3.63, 3.8) is 0 Å². The van der Waals surface area contributed by atoms with Crippen molar-refractivity contribution in [3.8, 4) is 0 Å². The first-order valence-corrected chi connectivity index (χ1v) is 11.6. The van der Waals surface area contributed by atoms with E-state index >= 15 is 0 Å². The van der Waals surface area contributed by atoms with Crippen LogP contribution < -0.4 is 15.7 Å². The zero-order chi connectivity index (χ0) is 25.0. The molecule has 0 radical (unpaired) electrons. The lowest BCUT2D eigenvalue weighted by molar-refractivity contribution is -0.129. The number of para-hydroxylation sites is 1. The second-order valence-corrected chi connectivity index (χ2v) is 8.07. The smallest absolute Gasteiger partial charge is 0.258 e. The first kappa shape index (κ1) is 25.8. The Kier molecular flexibility index (Phi) is 9.70. The van der Waals surface area contributed by atoms with Crippen molar-refractivity contribution in [2.45, 2.75) is 32.1 Å². The number of benzene rings is 2. The number of aliphatic hydroxyl groups excluding tert-OH is 1. The van der Waals surface area contributed by atoms with E-state index < -0.39 is 5.91 Å². The first-order chi connectivity index (χ1) is 17.0. The van der Waals surface area contributed by atoms with Gasteiger partial charge >= 0.3 is 0 Å². The molecule has 184 valence electrons. The molecule has 0 spiro atoms. The maximum atomic E-state index is 13.3. The van der Waals surface area contributed by atoms with Crippen LogP contribution in [0, 0.1) is 0 Å². The summed E-state index contributed by atoms with van der Waals surface area (Å²) in [5.41, 5.74) is 3.73. The normalized spacial score (nSPS) is 10.7.